The van der Waals surface area contributed by atoms with E-state index in [0.717, 1.165) is 89.9 Å². The van der Waals surface area contributed by atoms with Crippen molar-refractivity contribution in [3.05, 3.63) is 0 Å². The topological polar surface area (TPSA) is 172 Å². The van der Waals surface area contributed by atoms with Gasteiger partial charge in [0.25, 0.3) is 0 Å². The zero-order valence-electron chi connectivity index (χ0n) is 21.2. The lowest BCUT2D eigenvalue weighted by Crippen LogP contribution is -2.48. The molecule has 4 aliphatic rings. The Morgan fingerprint density at radius 2 is 0.829 bits per heavy atom. The minimum Gasteiger partial charge on any atom is -0.375 e. The maximum Gasteiger partial charge on any atom is 0.223 e. The highest BCUT2D eigenvalue weighted by Gasteiger charge is 2.34. The Morgan fingerprint density at radius 1 is 0.514 bits per heavy atom. The molecule has 0 saturated heterocycles. The van der Waals surface area contributed by atoms with Crippen LogP contribution in [-0.4, -0.2) is 60.3 Å². The van der Waals surface area contributed by atoms with Crippen molar-refractivity contribution < 1.29 is 14.3 Å². The van der Waals surface area contributed by atoms with Gasteiger partial charge < -0.3 is 38.3 Å². The third-order valence-corrected chi connectivity index (χ3v) is 8.73. The van der Waals surface area contributed by atoms with Gasteiger partial charge in [-0.05, 0) is 89.9 Å². The van der Waals surface area contributed by atoms with Gasteiger partial charge in [-0.1, -0.05) is 0 Å². The van der Waals surface area contributed by atoms with Crippen molar-refractivity contribution in [3.63, 3.8) is 0 Å². The van der Waals surface area contributed by atoms with E-state index >= 15 is 0 Å². The van der Waals surface area contributed by atoms with Gasteiger partial charge in [0.05, 0.1) is 12.2 Å². The van der Waals surface area contributed by atoms with Crippen LogP contribution < -0.4 is 33.6 Å². The van der Waals surface area contributed by atoms with Gasteiger partial charge >= 0.3 is 0 Å². The Labute approximate surface area is 210 Å². The number of carbonyl (C=O) groups is 2. The van der Waals surface area contributed by atoms with Crippen LogP contribution >= 0.6 is 0 Å². The average Bonchev–Trinajstić information content (AvgIpc) is 2.80. The van der Waals surface area contributed by atoms with E-state index in [1.807, 2.05) is 0 Å². The monoisotopic (exact) mass is 492 g/mol. The number of nitrogens with two attached hydrogens (primary N) is 4. The van der Waals surface area contributed by atoms with E-state index in [4.69, 9.17) is 27.7 Å². The number of nitrogens with one attached hydrogen (secondary N) is 2. The first-order valence-corrected chi connectivity index (χ1v) is 14.0. The molecule has 0 heterocycles. The molecule has 4 aliphatic carbocycles. The highest BCUT2D eigenvalue weighted by Crippen LogP contribution is 2.30. The number of amides is 2. The Hall–Kier alpha value is -1.26. The van der Waals surface area contributed by atoms with Gasteiger partial charge in [-0.15, -0.1) is 0 Å². The van der Waals surface area contributed by atoms with Crippen molar-refractivity contribution in [3.8, 4) is 0 Å². The highest BCUT2D eigenvalue weighted by atomic mass is 16.5. The molecule has 0 radical (unpaired) electrons. The van der Waals surface area contributed by atoms with Crippen LogP contribution in [0.15, 0.2) is 0 Å². The summed E-state index contributed by atoms with van der Waals surface area (Å²) in [5, 5.41) is 6.50. The first-order chi connectivity index (χ1) is 16.7. The van der Waals surface area contributed by atoms with E-state index in [1.165, 1.54) is 0 Å². The van der Waals surface area contributed by atoms with Gasteiger partial charge in [0.15, 0.2) is 0 Å². The van der Waals surface area contributed by atoms with Crippen LogP contribution in [0.2, 0.25) is 0 Å². The summed E-state index contributed by atoms with van der Waals surface area (Å²) in [6.07, 6.45) is 12.9. The van der Waals surface area contributed by atoms with Crippen LogP contribution in [0.25, 0.3) is 0 Å². The molecule has 0 spiro atoms. The molecular formula is C26H48N6O3. The first kappa shape index (κ1) is 26.8. The number of carbonyl (C=O) groups excluding carboxylic acids is 2. The van der Waals surface area contributed by atoms with Crippen molar-refractivity contribution in [1.82, 2.24) is 10.6 Å². The summed E-state index contributed by atoms with van der Waals surface area (Å²) >= 11 is 0. The van der Waals surface area contributed by atoms with Gasteiger partial charge in [-0.2, -0.15) is 0 Å². The Morgan fingerprint density at radius 3 is 1.14 bits per heavy atom. The fourth-order valence-corrected chi connectivity index (χ4v) is 6.84. The highest BCUT2D eigenvalue weighted by molar-refractivity contribution is 5.79. The van der Waals surface area contributed by atoms with Crippen molar-refractivity contribution >= 4 is 11.8 Å². The number of rotatable bonds is 6. The summed E-state index contributed by atoms with van der Waals surface area (Å²) in [6.45, 7) is 0. The molecule has 4 fully saturated rings. The Kier molecular flexibility index (Phi) is 9.43. The molecule has 0 aromatic heterocycles. The van der Waals surface area contributed by atoms with E-state index in [-0.39, 0.29) is 72.1 Å². The lowest BCUT2D eigenvalue weighted by atomic mass is 9.82. The standard InChI is InChI=1S/C26H48N6O3/c27-17-9-15(10-18(28)13-17)25(33)31-21-1-5-23(6-2-21)35-24-7-3-22(4-8-24)32-26(34)16-11-19(29)14-20(30)12-16/h15-24H,1-14,27-30H2,(H,31,33)(H,32,34). The smallest absolute Gasteiger partial charge is 0.223 e. The molecule has 0 aromatic carbocycles. The third-order valence-electron chi connectivity index (χ3n) is 8.73. The molecule has 10 N–H and O–H groups in total. The minimum absolute atomic E-state index is 0.0332. The van der Waals surface area contributed by atoms with E-state index in [1.54, 1.807) is 0 Å². The second kappa shape index (κ2) is 12.3. The largest absolute Gasteiger partial charge is 0.375 e. The van der Waals surface area contributed by atoms with E-state index in [2.05, 4.69) is 10.6 Å². The second-order valence-electron chi connectivity index (χ2n) is 11.9. The molecule has 200 valence electrons. The summed E-state index contributed by atoms with van der Waals surface area (Å²) in [5.41, 5.74) is 24.3. The third kappa shape index (κ3) is 7.86. The molecule has 4 saturated carbocycles. The average molecular weight is 493 g/mol. The molecule has 35 heavy (non-hydrogen) atoms. The number of hydrogen-bond acceptors (Lipinski definition) is 7. The van der Waals surface area contributed by atoms with Gasteiger partial charge in [0.2, 0.25) is 11.8 Å². The first-order valence-electron chi connectivity index (χ1n) is 14.0. The van der Waals surface area contributed by atoms with Crippen LogP contribution in [0, 0.1) is 11.8 Å². The molecule has 4 rings (SSSR count). The summed E-state index contributed by atoms with van der Waals surface area (Å²) < 4.78 is 6.44. The summed E-state index contributed by atoms with van der Waals surface area (Å²) in [5.74, 6) is 0.144. The van der Waals surface area contributed by atoms with Crippen LogP contribution in [0.3, 0.4) is 0 Å². The van der Waals surface area contributed by atoms with Crippen molar-refractivity contribution in [2.24, 2.45) is 34.8 Å². The van der Waals surface area contributed by atoms with Crippen LogP contribution in [-0.2, 0) is 14.3 Å². The summed E-state index contributed by atoms with van der Waals surface area (Å²) in [7, 11) is 0. The molecule has 0 aliphatic heterocycles. The van der Waals surface area contributed by atoms with Crippen molar-refractivity contribution in [1.29, 1.82) is 0 Å². The molecular weight excluding hydrogens is 444 g/mol. The van der Waals surface area contributed by atoms with E-state index in [0.29, 0.717) is 0 Å². The predicted molar refractivity (Wildman–Crippen MR) is 136 cm³/mol. The fraction of sp³-hybridized carbons (Fsp3) is 0.923. The van der Waals surface area contributed by atoms with Crippen LogP contribution in [0.4, 0.5) is 0 Å². The number of ether oxygens (including phenoxy) is 1. The van der Waals surface area contributed by atoms with Gasteiger partial charge in [-0.3, -0.25) is 9.59 Å². The quantitative estimate of drug-likeness (QED) is 0.318. The fourth-order valence-electron chi connectivity index (χ4n) is 6.84. The zero-order chi connectivity index (χ0) is 24.9. The van der Waals surface area contributed by atoms with E-state index in [9.17, 15) is 9.59 Å². The number of hydrogen-bond donors (Lipinski definition) is 6. The van der Waals surface area contributed by atoms with Crippen LogP contribution in [0.5, 0.6) is 0 Å². The van der Waals surface area contributed by atoms with Gasteiger partial charge in [0, 0.05) is 48.1 Å². The second-order valence-corrected chi connectivity index (χ2v) is 11.9. The van der Waals surface area contributed by atoms with Crippen LogP contribution in [0.1, 0.15) is 89.9 Å². The molecule has 4 unspecified atom stereocenters. The zero-order valence-corrected chi connectivity index (χ0v) is 21.2. The Bertz CT molecular complexity index is 629. The molecule has 4 atom stereocenters. The maximum absolute atomic E-state index is 12.7. The minimum atomic E-state index is -0.0509. The lowest BCUT2D eigenvalue weighted by Gasteiger charge is -2.36. The predicted octanol–water partition coefficient (Wildman–Crippen LogP) is 0.767. The molecule has 9 heteroatoms. The normalized spacial score (nSPS) is 42.7. The Balaban J connectivity index is 1.11. The van der Waals surface area contributed by atoms with Crippen molar-refractivity contribution in [2.45, 2.75) is 138 Å². The molecule has 9 nitrogen and oxygen atoms in total. The summed E-state index contributed by atoms with van der Waals surface area (Å²) in [4.78, 5) is 25.4. The molecule has 0 aromatic rings. The van der Waals surface area contributed by atoms with Gasteiger partial charge in [-0.25, -0.2) is 0 Å². The molecule has 0 bridgehead atoms. The van der Waals surface area contributed by atoms with E-state index < -0.39 is 0 Å². The maximum atomic E-state index is 12.7. The van der Waals surface area contributed by atoms with Crippen molar-refractivity contribution in [2.75, 3.05) is 0 Å². The lowest BCUT2D eigenvalue weighted by molar-refractivity contribution is -0.128. The van der Waals surface area contributed by atoms with Gasteiger partial charge in [0.1, 0.15) is 0 Å². The SMILES string of the molecule is NC1CC(N)CC(C(=O)NC2CCC(OC3CCC(NC(=O)C4CC(N)CC(N)C4)CC3)CC2)C1. The summed E-state index contributed by atoms with van der Waals surface area (Å²) in [6, 6.07) is 0.584. The molecule has 2 amide bonds.